The molecule has 0 aliphatic heterocycles. The number of aromatic nitrogens is 2. The molecule has 1 radical (unpaired) electrons. The molecule has 4 aromatic rings. The van der Waals surface area contributed by atoms with Crippen molar-refractivity contribution in [3.63, 3.8) is 0 Å². The van der Waals surface area contributed by atoms with Gasteiger partial charge in [-0.25, -0.2) is 0 Å². The van der Waals surface area contributed by atoms with E-state index in [0.717, 1.165) is 46.5 Å². The SMILES string of the molecule is C[C@H]1[C@H](/C=C/c2ccc(-c3ccccc3C#N)cn2)[C@H](C)[C@H](C(=O)NC[C@@H]2[CH]C[C@H](C)[C@@H](C)[C@@H]2/C=C/c2ccc(-c3ccccc3C#N)cn2)C[C@@H]1C. The van der Waals surface area contributed by atoms with Crippen molar-refractivity contribution in [3.05, 3.63) is 126 Å². The van der Waals surface area contributed by atoms with E-state index in [0.29, 0.717) is 41.3 Å². The molecule has 2 aliphatic rings. The van der Waals surface area contributed by atoms with Gasteiger partial charge in [0.25, 0.3) is 0 Å². The lowest BCUT2D eigenvalue weighted by molar-refractivity contribution is -0.130. The second kappa shape index (κ2) is 17.0. The van der Waals surface area contributed by atoms with Crippen LogP contribution in [-0.2, 0) is 4.79 Å². The standard InChI is InChI=1S/C47H50N5O/c1-30-14-15-37(43(32(30)3)23-21-41-19-17-39(28-51-41)45-13-9-7-11-36(45)26-49)29-52-47(53)46-24-31(2)33(4)42(34(46)5)22-20-40-18-16-38(27-50-40)44-12-8-6-10-35(44)25-48/h6-13,15-23,27-28,30-34,37,42-43,46H,14,24,29H2,1-5H3,(H,52,53)/b22-20+,23-21+/t30-,31-,32+,33+,34-,37-,42-,43-,46+/m0/s1. The van der Waals surface area contributed by atoms with Crippen LogP contribution in [0, 0.1) is 82.3 Å². The number of amides is 1. The minimum absolute atomic E-state index is 0.0588. The molecule has 1 amide bonds. The number of rotatable bonds is 9. The van der Waals surface area contributed by atoms with Crippen molar-refractivity contribution < 1.29 is 4.79 Å². The van der Waals surface area contributed by atoms with Crippen molar-refractivity contribution in [2.24, 2.45) is 53.3 Å². The number of hydrogen-bond acceptors (Lipinski definition) is 5. The van der Waals surface area contributed by atoms with Gasteiger partial charge < -0.3 is 5.32 Å². The Kier molecular flexibility index (Phi) is 12.0. The van der Waals surface area contributed by atoms with E-state index in [1.54, 1.807) is 0 Å². The van der Waals surface area contributed by atoms with E-state index >= 15 is 0 Å². The number of nitrogens with one attached hydrogen (secondary N) is 1. The van der Waals surface area contributed by atoms with Crippen molar-refractivity contribution >= 4 is 18.1 Å². The van der Waals surface area contributed by atoms with Crippen LogP contribution < -0.4 is 5.32 Å². The zero-order chi connectivity index (χ0) is 37.5. The minimum atomic E-state index is -0.0588. The summed E-state index contributed by atoms with van der Waals surface area (Å²) in [6.07, 6.45) is 16.8. The fourth-order valence-corrected chi connectivity index (χ4v) is 8.48. The normalized spacial score (nSPS) is 27.3. The van der Waals surface area contributed by atoms with Gasteiger partial charge in [-0.05, 0) is 103 Å². The molecule has 2 saturated carbocycles. The van der Waals surface area contributed by atoms with Gasteiger partial charge in [-0.1, -0.05) is 95.3 Å². The Morgan fingerprint density at radius 2 is 1.25 bits per heavy atom. The number of carbonyl (C=O) groups excluding carboxylic acids is 1. The summed E-state index contributed by atoms with van der Waals surface area (Å²) in [5.41, 5.74) is 6.65. The third-order valence-electron chi connectivity index (χ3n) is 12.3. The van der Waals surface area contributed by atoms with Crippen LogP contribution >= 0.6 is 0 Å². The fourth-order valence-electron chi connectivity index (χ4n) is 8.48. The fraction of sp³-hybridized carbons (Fsp3) is 0.362. The number of nitriles is 2. The summed E-state index contributed by atoms with van der Waals surface area (Å²) in [6, 6.07) is 27.8. The Morgan fingerprint density at radius 3 is 1.77 bits per heavy atom. The smallest absolute Gasteiger partial charge is 0.223 e. The highest BCUT2D eigenvalue weighted by Gasteiger charge is 2.41. The number of benzene rings is 2. The third kappa shape index (κ3) is 8.50. The highest BCUT2D eigenvalue weighted by Crippen LogP contribution is 2.44. The predicted octanol–water partition coefficient (Wildman–Crippen LogP) is 10.1. The van der Waals surface area contributed by atoms with Crippen LogP contribution in [0.2, 0.25) is 0 Å². The Morgan fingerprint density at radius 1 is 0.717 bits per heavy atom. The molecule has 1 N–H and O–H groups in total. The summed E-state index contributed by atoms with van der Waals surface area (Å²) < 4.78 is 0. The van der Waals surface area contributed by atoms with Crippen LogP contribution in [0.1, 0.15) is 70.0 Å². The summed E-state index contributed by atoms with van der Waals surface area (Å²) in [5.74, 6) is 2.95. The molecule has 6 rings (SSSR count). The van der Waals surface area contributed by atoms with Gasteiger partial charge in [0, 0.05) is 47.1 Å². The Bertz CT molecular complexity index is 2020. The first-order valence-electron chi connectivity index (χ1n) is 19.1. The second-order valence-electron chi connectivity index (χ2n) is 15.4. The van der Waals surface area contributed by atoms with Crippen LogP contribution in [-0.4, -0.2) is 22.4 Å². The van der Waals surface area contributed by atoms with Gasteiger partial charge in [0.15, 0.2) is 0 Å². The van der Waals surface area contributed by atoms with Gasteiger partial charge in [-0.15, -0.1) is 0 Å². The van der Waals surface area contributed by atoms with E-state index in [1.807, 2.05) is 85.2 Å². The molecule has 0 spiro atoms. The minimum Gasteiger partial charge on any atom is -0.356 e. The molecule has 2 fully saturated rings. The lowest BCUT2D eigenvalue weighted by Gasteiger charge is -2.43. The summed E-state index contributed by atoms with van der Waals surface area (Å²) in [5, 5.41) is 22.4. The van der Waals surface area contributed by atoms with Gasteiger partial charge >= 0.3 is 0 Å². The van der Waals surface area contributed by atoms with Gasteiger partial charge in [-0.3, -0.25) is 14.8 Å². The predicted molar refractivity (Wildman–Crippen MR) is 213 cm³/mol. The number of hydrogen-bond donors (Lipinski definition) is 1. The van der Waals surface area contributed by atoms with Crippen LogP contribution in [0.5, 0.6) is 0 Å². The number of carbonyl (C=O) groups is 1. The molecule has 2 aromatic carbocycles. The molecule has 0 bridgehead atoms. The zero-order valence-electron chi connectivity index (χ0n) is 31.5. The topological polar surface area (TPSA) is 102 Å². The zero-order valence-corrected chi connectivity index (χ0v) is 31.5. The van der Waals surface area contributed by atoms with Crippen LogP contribution in [0.15, 0.2) is 97.3 Å². The second-order valence-corrected chi connectivity index (χ2v) is 15.4. The first-order valence-corrected chi connectivity index (χ1v) is 19.1. The van der Waals surface area contributed by atoms with Crippen molar-refractivity contribution in [1.82, 2.24) is 15.3 Å². The Hall–Kier alpha value is -5.33. The first kappa shape index (κ1) is 37.4. The van der Waals surface area contributed by atoms with Crippen molar-refractivity contribution in [3.8, 4) is 34.4 Å². The maximum Gasteiger partial charge on any atom is 0.223 e. The van der Waals surface area contributed by atoms with Crippen molar-refractivity contribution in [1.29, 1.82) is 10.5 Å². The maximum atomic E-state index is 13.9. The molecule has 269 valence electrons. The molecule has 2 heterocycles. The maximum absolute atomic E-state index is 13.9. The van der Waals surface area contributed by atoms with E-state index in [4.69, 9.17) is 9.97 Å². The van der Waals surface area contributed by atoms with Crippen LogP contribution in [0.4, 0.5) is 0 Å². The summed E-state index contributed by atoms with van der Waals surface area (Å²) >= 11 is 0. The quantitative estimate of drug-likeness (QED) is 0.187. The molecule has 6 heteroatoms. The molecule has 0 unspecified atom stereocenters. The van der Waals surface area contributed by atoms with Gasteiger partial charge in [0.05, 0.1) is 34.7 Å². The largest absolute Gasteiger partial charge is 0.356 e. The first-order chi connectivity index (χ1) is 25.7. The van der Waals surface area contributed by atoms with E-state index in [-0.39, 0.29) is 35.5 Å². The number of allylic oxidation sites excluding steroid dienone is 2. The Balaban J connectivity index is 1.10. The van der Waals surface area contributed by atoms with E-state index in [9.17, 15) is 15.3 Å². The molecule has 2 aliphatic carbocycles. The lowest BCUT2D eigenvalue weighted by atomic mass is 9.63. The molecule has 0 saturated heterocycles. The van der Waals surface area contributed by atoms with E-state index in [1.165, 1.54) is 0 Å². The third-order valence-corrected chi connectivity index (χ3v) is 12.3. The van der Waals surface area contributed by atoms with Gasteiger partial charge in [0.2, 0.25) is 5.91 Å². The highest BCUT2D eigenvalue weighted by atomic mass is 16.1. The lowest BCUT2D eigenvalue weighted by Crippen LogP contribution is -2.46. The molecular weight excluding hydrogens is 651 g/mol. The monoisotopic (exact) mass is 700 g/mol. The highest BCUT2D eigenvalue weighted by molar-refractivity contribution is 5.79. The van der Waals surface area contributed by atoms with Crippen LogP contribution in [0.25, 0.3) is 34.4 Å². The molecular formula is C47H50N5O. The van der Waals surface area contributed by atoms with E-state index < -0.39 is 0 Å². The average Bonchev–Trinajstić information content (AvgIpc) is 3.19. The van der Waals surface area contributed by atoms with Crippen molar-refractivity contribution in [2.75, 3.05) is 6.54 Å². The summed E-state index contributed by atoms with van der Waals surface area (Å²) in [7, 11) is 0. The molecule has 53 heavy (non-hydrogen) atoms. The Labute approximate surface area is 315 Å². The van der Waals surface area contributed by atoms with Gasteiger partial charge in [0.1, 0.15) is 0 Å². The molecule has 2 aromatic heterocycles. The van der Waals surface area contributed by atoms with Crippen molar-refractivity contribution in [2.45, 2.75) is 47.5 Å². The average molecular weight is 701 g/mol. The molecule has 9 atom stereocenters. The number of nitrogens with zero attached hydrogens (tertiary/aromatic N) is 4. The summed E-state index contributed by atoms with van der Waals surface area (Å²) in [4.78, 5) is 23.3. The van der Waals surface area contributed by atoms with Gasteiger partial charge in [-0.2, -0.15) is 10.5 Å². The number of pyridine rings is 2. The van der Waals surface area contributed by atoms with E-state index in [2.05, 4.69) is 82.8 Å². The van der Waals surface area contributed by atoms with Crippen LogP contribution in [0.3, 0.4) is 0 Å². The molecule has 6 nitrogen and oxygen atoms in total. The summed E-state index contributed by atoms with van der Waals surface area (Å²) in [6.45, 7) is 12.1.